The summed E-state index contributed by atoms with van der Waals surface area (Å²) in [5.41, 5.74) is 2.14. The van der Waals surface area contributed by atoms with Gasteiger partial charge in [0.2, 0.25) is 0 Å². The molecule has 0 spiro atoms. The first-order chi connectivity index (χ1) is 10.9. The van der Waals surface area contributed by atoms with Crippen LogP contribution in [-0.4, -0.2) is 45.4 Å². The first-order valence-electron chi connectivity index (χ1n) is 7.55. The first kappa shape index (κ1) is 16.4. The molecule has 1 aliphatic heterocycles. The standard InChI is InChI=1S/C16H21NO5S/c1-17-10-14(13-5-3-4-6-15(13)17)12(11-22-23(2,18)19)9-16-20-7-8-21-16/h3-6,10,12,16H,7-9,11H2,1-2H3/t12-/m0/s1. The third-order valence-corrected chi connectivity index (χ3v) is 4.58. The van der Waals surface area contributed by atoms with Crippen LogP contribution in [0.1, 0.15) is 17.9 Å². The lowest BCUT2D eigenvalue weighted by Crippen LogP contribution is -2.19. The van der Waals surface area contributed by atoms with Gasteiger partial charge in [-0.3, -0.25) is 4.18 Å². The summed E-state index contributed by atoms with van der Waals surface area (Å²) in [6.45, 7) is 1.22. The van der Waals surface area contributed by atoms with Crippen LogP contribution in [-0.2, 0) is 30.8 Å². The maximum absolute atomic E-state index is 11.4. The van der Waals surface area contributed by atoms with E-state index in [1.54, 1.807) is 0 Å². The van der Waals surface area contributed by atoms with Crippen LogP contribution in [0.3, 0.4) is 0 Å². The lowest BCUT2D eigenvalue weighted by Gasteiger charge is -2.19. The van der Waals surface area contributed by atoms with Gasteiger partial charge in [0.15, 0.2) is 6.29 Å². The Kier molecular flexibility index (Phi) is 4.72. The third kappa shape index (κ3) is 3.92. The molecule has 0 bridgehead atoms. The molecular weight excluding hydrogens is 318 g/mol. The van der Waals surface area contributed by atoms with Gasteiger partial charge in [-0.1, -0.05) is 18.2 Å². The summed E-state index contributed by atoms with van der Waals surface area (Å²) in [7, 11) is -1.52. The second-order valence-electron chi connectivity index (χ2n) is 5.80. The van der Waals surface area contributed by atoms with Crippen LogP contribution in [0.25, 0.3) is 10.9 Å². The second kappa shape index (κ2) is 6.60. The molecule has 0 aliphatic carbocycles. The van der Waals surface area contributed by atoms with Crippen LogP contribution in [0, 0.1) is 0 Å². The molecule has 0 saturated carbocycles. The van der Waals surface area contributed by atoms with Crippen LogP contribution in [0.5, 0.6) is 0 Å². The van der Waals surface area contributed by atoms with Crippen LogP contribution in [0.4, 0.5) is 0 Å². The highest BCUT2D eigenvalue weighted by Gasteiger charge is 2.26. The molecule has 1 aromatic carbocycles. The predicted molar refractivity (Wildman–Crippen MR) is 86.8 cm³/mol. The minimum absolute atomic E-state index is 0.0794. The molecule has 3 rings (SSSR count). The number of hydrogen-bond donors (Lipinski definition) is 0. The molecular formula is C16H21NO5S. The van der Waals surface area contributed by atoms with Gasteiger partial charge >= 0.3 is 0 Å². The fourth-order valence-corrected chi connectivity index (χ4v) is 3.38. The van der Waals surface area contributed by atoms with Gasteiger partial charge in [0, 0.05) is 36.5 Å². The van der Waals surface area contributed by atoms with E-state index in [2.05, 4.69) is 0 Å². The Hall–Kier alpha value is -1.41. The van der Waals surface area contributed by atoms with E-state index in [-0.39, 0.29) is 18.8 Å². The number of aryl methyl sites for hydroxylation is 1. The Morgan fingerprint density at radius 1 is 1.30 bits per heavy atom. The number of benzene rings is 1. The van der Waals surface area contributed by atoms with E-state index in [1.807, 2.05) is 42.1 Å². The Morgan fingerprint density at radius 2 is 2.00 bits per heavy atom. The summed E-state index contributed by atoms with van der Waals surface area (Å²) in [6, 6.07) is 8.03. The van der Waals surface area contributed by atoms with Gasteiger partial charge in [-0.15, -0.1) is 0 Å². The van der Waals surface area contributed by atoms with Crippen molar-refractivity contribution in [3.05, 3.63) is 36.0 Å². The molecule has 0 amide bonds. The molecule has 126 valence electrons. The lowest BCUT2D eigenvalue weighted by atomic mass is 9.96. The molecule has 0 unspecified atom stereocenters. The predicted octanol–water partition coefficient (Wildman–Crippen LogP) is 2.00. The molecule has 0 N–H and O–H groups in total. The van der Waals surface area contributed by atoms with Gasteiger partial charge in [-0.2, -0.15) is 8.42 Å². The summed E-state index contributed by atoms with van der Waals surface area (Å²) in [5, 5.41) is 1.09. The summed E-state index contributed by atoms with van der Waals surface area (Å²) >= 11 is 0. The molecule has 1 aliphatic rings. The Balaban J connectivity index is 1.91. The van der Waals surface area contributed by atoms with Gasteiger partial charge in [0.1, 0.15) is 0 Å². The fraction of sp³-hybridized carbons (Fsp3) is 0.500. The van der Waals surface area contributed by atoms with Crippen molar-refractivity contribution in [1.29, 1.82) is 0 Å². The molecule has 1 fully saturated rings. The normalized spacial score (nSPS) is 17.8. The monoisotopic (exact) mass is 339 g/mol. The van der Waals surface area contributed by atoms with Gasteiger partial charge in [0.25, 0.3) is 10.1 Å². The summed E-state index contributed by atoms with van der Waals surface area (Å²) in [4.78, 5) is 0. The Morgan fingerprint density at radius 3 is 2.70 bits per heavy atom. The maximum atomic E-state index is 11.4. The quantitative estimate of drug-likeness (QED) is 0.753. The van der Waals surface area contributed by atoms with Gasteiger partial charge in [-0.25, -0.2) is 0 Å². The van der Waals surface area contributed by atoms with E-state index in [4.69, 9.17) is 13.7 Å². The molecule has 1 saturated heterocycles. The number of ether oxygens (including phenoxy) is 2. The van der Waals surface area contributed by atoms with E-state index >= 15 is 0 Å². The number of para-hydroxylation sites is 1. The number of hydrogen-bond acceptors (Lipinski definition) is 5. The fourth-order valence-electron chi connectivity index (χ4n) is 2.96. The number of nitrogens with zero attached hydrogens (tertiary/aromatic N) is 1. The average Bonchev–Trinajstić information content (AvgIpc) is 3.11. The van der Waals surface area contributed by atoms with Crippen LogP contribution < -0.4 is 0 Å². The molecule has 2 heterocycles. The molecule has 6 nitrogen and oxygen atoms in total. The highest BCUT2D eigenvalue weighted by atomic mass is 32.2. The van der Waals surface area contributed by atoms with Crippen molar-refractivity contribution in [3.63, 3.8) is 0 Å². The molecule has 2 aromatic rings. The number of rotatable bonds is 6. The molecule has 1 atom stereocenters. The summed E-state index contributed by atoms with van der Waals surface area (Å²) in [5.74, 6) is -0.126. The van der Waals surface area contributed by atoms with Crippen molar-refractivity contribution in [1.82, 2.24) is 4.57 Å². The SMILES string of the molecule is Cn1cc([C@H](COS(C)(=O)=O)CC2OCCO2)c2ccccc21. The topological polar surface area (TPSA) is 66.8 Å². The second-order valence-corrected chi connectivity index (χ2v) is 7.45. The van der Waals surface area contributed by atoms with Crippen molar-refractivity contribution in [2.75, 3.05) is 26.1 Å². The molecule has 1 aromatic heterocycles. The highest BCUT2D eigenvalue weighted by Crippen LogP contribution is 2.32. The largest absolute Gasteiger partial charge is 0.350 e. The first-order valence-corrected chi connectivity index (χ1v) is 9.37. The molecule has 0 radical (unpaired) electrons. The summed E-state index contributed by atoms with van der Waals surface area (Å²) in [6.07, 6.45) is 3.33. The summed E-state index contributed by atoms with van der Waals surface area (Å²) < 4.78 is 40.9. The smallest absolute Gasteiger partial charge is 0.264 e. The zero-order valence-electron chi connectivity index (χ0n) is 13.3. The van der Waals surface area contributed by atoms with Crippen LogP contribution in [0.2, 0.25) is 0 Å². The minimum Gasteiger partial charge on any atom is -0.350 e. The van der Waals surface area contributed by atoms with E-state index in [1.165, 1.54) is 0 Å². The van der Waals surface area contributed by atoms with Crippen molar-refractivity contribution >= 4 is 21.0 Å². The minimum atomic E-state index is -3.50. The third-order valence-electron chi connectivity index (χ3n) is 4.02. The van der Waals surface area contributed by atoms with Gasteiger partial charge < -0.3 is 14.0 Å². The van der Waals surface area contributed by atoms with Gasteiger partial charge in [-0.05, 0) is 11.6 Å². The van der Waals surface area contributed by atoms with E-state index in [0.717, 1.165) is 22.7 Å². The Labute approximate surface area is 136 Å². The van der Waals surface area contributed by atoms with E-state index in [9.17, 15) is 8.42 Å². The van der Waals surface area contributed by atoms with Crippen molar-refractivity contribution in [2.45, 2.75) is 18.6 Å². The van der Waals surface area contributed by atoms with Crippen LogP contribution in [0.15, 0.2) is 30.5 Å². The van der Waals surface area contributed by atoms with Crippen molar-refractivity contribution in [3.8, 4) is 0 Å². The highest BCUT2D eigenvalue weighted by molar-refractivity contribution is 7.85. The Bertz CT molecular complexity index is 777. The maximum Gasteiger partial charge on any atom is 0.264 e. The average molecular weight is 339 g/mol. The van der Waals surface area contributed by atoms with Crippen molar-refractivity contribution < 1.29 is 22.1 Å². The van der Waals surface area contributed by atoms with Crippen molar-refractivity contribution in [2.24, 2.45) is 7.05 Å². The van der Waals surface area contributed by atoms with Crippen LogP contribution >= 0.6 is 0 Å². The molecule has 23 heavy (non-hydrogen) atoms. The van der Waals surface area contributed by atoms with E-state index < -0.39 is 10.1 Å². The zero-order chi connectivity index (χ0) is 16.4. The lowest BCUT2D eigenvalue weighted by molar-refractivity contribution is -0.0531. The number of fused-ring (bicyclic) bond motifs is 1. The zero-order valence-corrected chi connectivity index (χ0v) is 14.1. The van der Waals surface area contributed by atoms with Gasteiger partial charge in [0.05, 0.1) is 26.1 Å². The number of aromatic nitrogens is 1. The molecule has 7 heteroatoms. The van der Waals surface area contributed by atoms with E-state index in [0.29, 0.717) is 19.6 Å².